The summed E-state index contributed by atoms with van der Waals surface area (Å²) in [5.74, 6) is -0.426. The van der Waals surface area contributed by atoms with E-state index >= 15 is 0 Å². The minimum Gasteiger partial charge on any atom is -0.298 e. The number of rotatable bonds is 2. The monoisotopic (exact) mass is 357 g/mol. The number of amides is 1. The first-order chi connectivity index (χ1) is 10.8. The van der Waals surface area contributed by atoms with E-state index < -0.39 is 17.8 Å². The maximum atomic E-state index is 12.6. The van der Waals surface area contributed by atoms with Crippen LogP contribution in [0.15, 0.2) is 36.5 Å². The van der Waals surface area contributed by atoms with Gasteiger partial charge in [-0.15, -0.1) is 0 Å². The van der Waals surface area contributed by atoms with E-state index in [9.17, 15) is 18.0 Å². The zero-order chi connectivity index (χ0) is 16.6. The van der Waals surface area contributed by atoms with E-state index in [2.05, 4.69) is 15.3 Å². The minimum atomic E-state index is -4.52. The van der Waals surface area contributed by atoms with E-state index in [0.717, 1.165) is 23.6 Å². The normalized spacial score (nSPS) is 11.7. The third-order valence-corrected chi connectivity index (χ3v) is 4.08. The average molecular weight is 358 g/mol. The molecule has 0 radical (unpaired) electrons. The fraction of sp³-hybridized carbons (Fsp3) is 0.0714. The number of hydrogen-bond acceptors (Lipinski definition) is 4. The summed E-state index contributed by atoms with van der Waals surface area (Å²) < 4.78 is 38.2. The summed E-state index contributed by atoms with van der Waals surface area (Å²) in [5, 5.41) is 3.23. The highest BCUT2D eigenvalue weighted by molar-refractivity contribution is 7.22. The van der Waals surface area contributed by atoms with Crippen molar-refractivity contribution < 1.29 is 18.0 Å². The number of hydrogen-bond donors (Lipinski definition) is 1. The maximum Gasteiger partial charge on any atom is 0.433 e. The molecule has 9 heteroatoms. The van der Waals surface area contributed by atoms with Crippen molar-refractivity contribution in [1.29, 1.82) is 0 Å². The molecule has 0 saturated carbocycles. The van der Waals surface area contributed by atoms with Crippen LogP contribution >= 0.6 is 22.9 Å². The summed E-state index contributed by atoms with van der Waals surface area (Å²) in [6.07, 6.45) is -3.49. The minimum absolute atomic E-state index is 0.195. The summed E-state index contributed by atoms with van der Waals surface area (Å²) in [7, 11) is 0. The van der Waals surface area contributed by atoms with Crippen LogP contribution in [0.2, 0.25) is 5.02 Å². The van der Waals surface area contributed by atoms with E-state index in [1.165, 1.54) is 12.1 Å². The number of thiazole rings is 1. The Morgan fingerprint density at radius 2 is 1.91 bits per heavy atom. The van der Waals surface area contributed by atoms with Crippen molar-refractivity contribution in [2.75, 3.05) is 5.32 Å². The van der Waals surface area contributed by atoms with Crippen molar-refractivity contribution in [3.63, 3.8) is 0 Å². The molecule has 3 rings (SSSR count). The number of anilines is 1. The Bertz CT molecular complexity index is 877. The molecule has 0 aliphatic rings. The van der Waals surface area contributed by atoms with Crippen LogP contribution in [-0.2, 0) is 6.18 Å². The van der Waals surface area contributed by atoms with Crippen LogP contribution in [0.3, 0.4) is 0 Å². The molecule has 0 spiro atoms. The molecular formula is C14H7ClF3N3OS. The highest BCUT2D eigenvalue weighted by atomic mass is 35.5. The predicted octanol–water partition coefficient (Wildman–Crippen LogP) is 4.62. The van der Waals surface area contributed by atoms with Gasteiger partial charge in [-0.05, 0) is 30.3 Å². The first-order valence-electron chi connectivity index (χ1n) is 6.23. The van der Waals surface area contributed by atoms with Gasteiger partial charge in [0.15, 0.2) is 5.13 Å². The summed E-state index contributed by atoms with van der Waals surface area (Å²) in [6, 6.07) is 7.11. The second-order valence-electron chi connectivity index (χ2n) is 4.52. The van der Waals surface area contributed by atoms with Crippen LogP contribution in [-0.4, -0.2) is 15.9 Å². The van der Waals surface area contributed by atoms with Gasteiger partial charge in [0.1, 0.15) is 11.2 Å². The van der Waals surface area contributed by atoms with Crippen LogP contribution in [0, 0.1) is 0 Å². The molecule has 0 aliphatic heterocycles. The molecule has 2 heterocycles. The Morgan fingerprint density at radius 3 is 2.57 bits per heavy atom. The van der Waals surface area contributed by atoms with Crippen LogP contribution in [0.4, 0.5) is 18.3 Å². The molecule has 4 nitrogen and oxygen atoms in total. The first kappa shape index (κ1) is 15.7. The van der Waals surface area contributed by atoms with E-state index in [1.54, 1.807) is 12.1 Å². The SMILES string of the molecule is O=C(Nc1nc2cnc(C(F)(F)F)cc2s1)c1ccc(Cl)cc1. The van der Waals surface area contributed by atoms with Crippen molar-refractivity contribution in [2.45, 2.75) is 6.18 Å². The number of nitrogens with zero attached hydrogens (tertiary/aromatic N) is 2. The Labute approximate surface area is 136 Å². The van der Waals surface area contributed by atoms with Gasteiger partial charge in [0, 0.05) is 10.6 Å². The van der Waals surface area contributed by atoms with Gasteiger partial charge in [-0.1, -0.05) is 22.9 Å². The number of alkyl halides is 3. The lowest BCUT2D eigenvalue weighted by molar-refractivity contribution is -0.141. The molecule has 0 fully saturated rings. The van der Waals surface area contributed by atoms with Crippen LogP contribution in [0.5, 0.6) is 0 Å². The lowest BCUT2D eigenvalue weighted by Gasteiger charge is -2.03. The Balaban J connectivity index is 1.86. The molecule has 0 saturated heterocycles. The van der Waals surface area contributed by atoms with E-state index in [4.69, 9.17) is 11.6 Å². The largest absolute Gasteiger partial charge is 0.433 e. The molecular weight excluding hydrogens is 351 g/mol. The topological polar surface area (TPSA) is 54.9 Å². The highest BCUT2D eigenvalue weighted by Crippen LogP contribution is 2.32. The van der Waals surface area contributed by atoms with Crippen LogP contribution < -0.4 is 5.32 Å². The molecule has 0 bridgehead atoms. The lowest BCUT2D eigenvalue weighted by Crippen LogP contribution is -2.11. The second-order valence-corrected chi connectivity index (χ2v) is 5.98. The molecule has 3 aromatic rings. The van der Waals surface area contributed by atoms with Crippen LogP contribution in [0.25, 0.3) is 10.2 Å². The van der Waals surface area contributed by atoms with Gasteiger partial charge in [0.2, 0.25) is 0 Å². The number of nitrogens with one attached hydrogen (secondary N) is 1. The van der Waals surface area contributed by atoms with Crippen molar-refractivity contribution in [3.05, 3.63) is 52.8 Å². The maximum absolute atomic E-state index is 12.6. The smallest absolute Gasteiger partial charge is 0.298 e. The summed E-state index contributed by atoms with van der Waals surface area (Å²) >= 11 is 6.69. The number of halogens is 4. The zero-order valence-corrected chi connectivity index (χ0v) is 12.8. The molecule has 2 aromatic heterocycles. The number of pyridine rings is 1. The van der Waals surface area contributed by atoms with Crippen molar-refractivity contribution in [3.8, 4) is 0 Å². The Kier molecular flexibility index (Phi) is 3.95. The van der Waals surface area contributed by atoms with Gasteiger partial charge in [0.25, 0.3) is 5.91 Å². The Morgan fingerprint density at radius 1 is 1.22 bits per heavy atom. The fourth-order valence-electron chi connectivity index (χ4n) is 1.81. The summed E-state index contributed by atoms with van der Waals surface area (Å²) in [4.78, 5) is 19.4. The number of carbonyl (C=O) groups is 1. The summed E-state index contributed by atoms with van der Waals surface area (Å²) in [5.41, 5.74) is -0.346. The first-order valence-corrected chi connectivity index (χ1v) is 7.43. The summed E-state index contributed by atoms with van der Waals surface area (Å²) in [6.45, 7) is 0. The molecule has 1 amide bonds. The second kappa shape index (κ2) is 5.78. The standard InChI is InChI=1S/C14H7ClF3N3OS/c15-8-3-1-7(2-4-8)12(22)21-13-20-9-6-19-11(14(16,17)18)5-10(9)23-13/h1-6H,(H,20,21,22). The third kappa shape index (κ3) is 3.43. The van der Waals surface area contributed by atoms with Crippen molar-refractivity contribution >= 4 is 44.2 Å². The molecule has 23 heavy (non-hydrogen) atoms. The average Bonchev–Trinajstić information content (AvgIpc) is 2.88. The van der Waals surface area contributed by atoms with E-state index in [1.807, 2.05) is 0 Å². The van der Waals surface area contributed by atoms with Crippen LogP contribution in [0.1, 0.15) is 16.1 Å². The van der Waals surface area contributed by atoms with Crippen molar-refractivity contribution in [2.24, 2.45) is 0 Å². The van der Waals surface area contributed by atoms with Gasteiger partial charge in [-0.3, -0.25) is 10.1 Å². The van der Waals surface area contributed by atoms with Gasteiger partial charge in [-0.25, -0.2) is 9.97 Å². The van der Waals surface area contributed by atoms with Crippen molar-refractivity contribution in [1.82, 2.24) is 9.97 Å². The molecule has 118 valence electrons. The van der Waals surface area contributed by atoms with Gasteiger partial charge >= 0.3 is 6.18 Å². The molecule has 1 N–H and O–H groups in total. The Hall–Kier alpha value is -2.19. The third-order valence-electron chi connectivity index (χ3n) is 2.89. The molecule has 0 atom stereocenters. The number of benzene rings is 1. The van der Waals surface area contributed by atoms with Gasteiger partial charge in [-0.2, -0.15) is 13.2 Å². The number of aromatic nitrogens is 2. The quantitative estimate of drug-likeness (QED) is 0.728. The number of carbonyl (C=O) groups excluding carboxylic acids is 1. The van der Waals surface area contributed by atoms with E-state index in [-0.39, 0.29) is 10.6 Å². The zero-order valence-electron chi connectivity index (χ0n) is 11.2. The molecule has 0 unspecified atom stereocenters. The number of fused-ring (bicyclic) bond motifs is 1. The van der Waals surface area contributed by atoms with E-state index in [0.29, 0.717) is 15.3 Å². The predicted molar refractivity (Wildman–Crippen MR) is 81.8 cm³/mol. The lowest BCUT2D eigenvalue weighted by atomic mass is 10.2. The van der Waals surface area contributed by atoms with Gasteiger partial charge < -0.3 is 0 Å². The van der Waals surface area contributed by atoms with Gasteiger partial charge in [0.05, 0.1) is 10.9 Å². The fourth-order valence-corrected chi connectivity index (χ4v) is 2.81. The molecule has 0 aliphatic carbocycles. The highest BCUT2D eigenvalue weighted by Gasteiger charge is 2.32. The molecule has 1 aromatic carbocycles.